The Morgan fingerprint density at radius 2 is 1.69 bits per heavy atom. The standard InChI is InChI=1S/C24H20ClN5O2/c1-4-15-5-12-21(27-14-15)29-24(32)19-13-18(25)10-11-20(19)28-23(31)17-8-6-16(7-9-17)22(26)30(2)3/h1,5-14,26H,2-3H3,(H,28,31)(H,27,29,32). The molecule has 160 valence electrons. The molecule has 1 aromatic heterocycles. The van der Waals surface area contributed by atoms with Gasteiger partial charge in [0.15, 0.2) is 0 Å². The van der Waals surface area contributed by atoms with Crippen molar-refractivity contribution in [2.24, 2.45) is 0 Å². The van der Waals surface area contributed by atoms with Crippen LogP contribution in [0.3, 0.4) is 0 Å². The molecule has 0 unspecified atom stereocenters. The molecule has 1 heterocycles. The third-order valence-corrected chi connectivity index (χ3v) is 4.75. The van der Waals surface area contributed by atoms with E-state index in [1.807, 2.05) is 0 Å². The molecular weight excluding hydrogens is 426 g/mol. The number of carbonyl (C=O) groups is 2. The van der Waals surface area contributed by atoms with Gasteiger partial charge in [-0.25, -0.2) is 4.98 Å². The number of halogens is 1. The van der Waals surface area contributed by atoms with Crippen LogP contribution in [0.2, 0.25) is 5.02 Å². The second-order valence-electron chi connectivity index (χ2n) is 6.99. The predicted molar refractivity (Wildman–Crippen MR) is 126 cm³/mol. The van der Waals surface area contributed by atoms with Gasteiger partial charge in [0.05, 0.1) is 11.3 Å². The molecule has 3 rings (SSSR count). The Labute approximate surface area is 190 Å². The zero-order valence-electron chi connectivity index (χ0n) is 17.4. The molecule has 32 heavy (non-hydrogen) atoms. The fourth-order valence-electron chi connectivity index (χ4n) is 2.78. The number of carbonyl (C=O) groups excluding carboxylic acids is 2. The third-order valence-electron chi connectivity index (χ3n) is 4.51. The van der Waals surface area contributed by atoms with Crippen molar-refractivity contribution in [1.82, 2.24) is 9.88 Å². The number of hydrogen-bond acceptors (Lipinski definition) is 4. The summed E-state index contributed by atoms with van der Waals surface area (Å²) in [5.74, 6) is 2.21. The van der Waals surface area contributed by atoms with Crippen LogP contribution in [0.5, 0.6) is 0 Å². The van der Waals surface area contributed by atoms with Gasteiger partial charge in [-0.2, -0.15) is 0 Å². The molecule has 0 saturated carbocycles. The quantitative estimate of drug-likeness (QED) is 0.312. The molecule has 3 N–H and O–H groups in total. The second-order valence-corrected chi connectivity index (χ2v) is 7.43. The molecular formula is C24H20ClN5O2. The van der Waals surface area contributed by atoms with E-state index in [2.05, 4.69) is 21.5 Å². The average Bonchev–Trinajstić information content (AvgIpc) is 2.80. The van der Waals surface area contributed by atoms with Crippen LogP contribution < -0.4 is 10.6 Å². The maximum absolute atomic E-state index is 12.8. The molecule has 0 aliphatic rings. The van der Waals surface area contributed by atoms with E-state index in [1.165, 1.54) is 12.3 Å². The number of terminal acetylenes is 1. The van der Waals surface area contributed by atoms with E-state index in [1.54, 1.807) is 67.5 Å². The Hall–Kier alpha value is -4.15. The van der Waals surface area contributed by atoms with Crippen molar-refractivity contribution in [3.63, 3.8) is 0 Å². The summed E-state index contributed by atoms with van der Waals surface area (Å²) in [4.78, 5) is 31.3. The Morgan fingerprint density at radius 1 is 1.00 bits per heavy atom. The number of amides is 2. The highest BCUT2D eigenvalue weighted by Crippen LogP contribution is 2.23. The summed E-state index contributed by atoms with van der Waals surface area (Å²) in [6.07, 6.45) is 6.78. The topological polar surface area (TPSA) is 98.2 Å². The molecule has 0 fully saturated rings. The van der Waals surface area contributed by atoms with Crippen LogP contribution in [-0.4, -0.2) is 41.6 Å². The lowest BCUT2D eigenvalue weighted by Crippen LogP contribution is -2.22. The van der Waals surface area contributed by atoms with Crippen LogP contribution in [0.4, 0.5) is 11.5 Å². The monoisotopic (exact) mass is 445 g/mol. The van der Waals surface area contributed by atoms with Crippen LogP contribution >= 0.6 is 11.6 Å². The van der Waals surface area contributed by atoms with Gasteiger partial charge in [-0.1, -0.05) is 29.7 Å². The molecule has 8 heteroatoms. The molecule has 0 saturated heterocycles. The number of pyridine rings is 1. The minimum atomic E-state index is -0.487. The van der Waals surface area contributed by atoms with E-state index in [-0.39, 0.29) is 5.56 Å². The Bertz CT molecular complexity index is 1210. The van der Waals surface area contributed by atoms with Gasteiger partial charge in [0, 0.05) is 42.0 Å². The van der Waals surface area contributed by atoms with E-state index in [9.17, 15) is 9.59 Å². The molecule has 2 amide bonds. The van der Waals surface area contributed by atoms with Crippen LogP contribution in [0.1, 0.15) is 31.8 Å². The molecule has 0 aliphatic heterocycles. The number of nitrogens with one attached hydrogen (secondary N) is 3. The van der Waals surface area contributed by atoms with Gasteiger partial charge < -0.3 is 15.5 Å². The smallest absolute Gasteiger partial charge is 0.258 e. The highest BCUT2D eigenvalue weighted by atomic mass is 35.5. The van der Waals surface area contributed by atoms with Crippen molar-refractivity contribution in [3.05, 3.63) is 88.1 Å². The summed E-state index contributed by atoms with van der Waals surface area (Å²) in [6, 6.07) is 14.5. The lowest BCUT2D eigenvalue weighted by Gasteiger charge is -2.14. The summed E-state index contributed by atoms with van der Waals surface area (Å²) in [6.45, 7) is 0. The van der Waals surface area contributed by atoms with Crippen molar-refractivity contribution >= 4 is 40.8 Å². The molecule has 0 spiro atoms. The summed E-state index contributed by atoms with van der Waals surface area (Å²) in [5.41, 5.74) is 2.13. The van der Waals surface area contributed by atoms with Gasteiger partial charge in [-0.15, -0.1) is 6.42 Å². The fourth-order valence-corrected chi connectivity index (χ4v) is 2.95. The number of benzene rings is 2. The summed E-state index contributed by atoms with van der Waals surface area (Å²) in [7, 11) is 3.55. The van der Waals surface area contributed by atoms with Crippen LogP contribution in [-0.2, 0) is 0 Å². The molecule has 0 radical (unpaired) electrons. The SMILES string of the molecule is C#Cc1ccc(NC(=O)c2cc(Cl)ccc2NC(=O)c2ccc(C(=N)N(C)C)cc2)nc1. The Balaban J connectivity index is 1.79. The lowest BCUT2D eigenvalue weighted by molar-refractivity contribution is 0.102. The molecule has 3 aromatic rings. The van der Waals surface area contributed by atoms with E-state index < -0.39 is 11.8 Å². The summed E-state index contributed by atoms with van der Waals surface area (Å²) in [5, 5.41) is 13.8. The van der Waals surface area contributed by atoms with E-state index in [0.717, 1.165) is 0 Å². The van der Waals surface area contributed by atoms with Crippen LogP contribution in [0, 0.1) is 17.8 Å². The molecule has 0 aliphatic carbocycles. The maximum Gasteiger partial charge on any atom is 0.258 e. The fraction of sp³-hybridized carbons (Fsp3) is 0.0833. The summed E-state index contributed by atoms with van der Waals surface area (Å²) < 4.78 is 0. The number of anilines is 2. The number of nitrogens with zero attached hydrogens (tertiary/aromatic N) is 2. The predicted octanol–water partition coefficient (Wildman–Crippen LogP) is 4.11. The van der Waals surface area contributed by atoms with Gasteiger partial charge in [0.2, 0.25) is 0 Å². The Morgan fingerprint density at radius 3 is 2.28 bits per heavy atom. The number of aromatic nitrogens is 1. The van der Waals surface area contributed by atoms with E-state index in [4.69, 9.17) is 23.4 Å². The van der Waals surface area contributed by atoms with Crippen molar-refractivity contribution in [2.75, 3.05) is 24.7 Å². The van der Waals surface area contributed by atoms with Crippen molar-refractivity contribution in [2.45, 2.75) is 0 Å². The average molecular weight is 446 g/mol. The normalized spacial score (nSPS) is 10.1. The maximum atomic E-state index is 12.8. The summed E-state index contributed by atoms with van der Waals surface area (Å²) >= 11 is 6.08. The zero-order valence-corrected chi connectivity index (χ0v) is 18.2. The van der Waals surface area contributed by atoms with Gasteiger partial charge in [0.1, 0.15) is 11.7 Å². The zero-order chi connectivity index (χ0) is 23.3. The first-order valence-electron chi connectivity index (χ1n) is 9.49. The van der Waals surface area contributed by atoms with Crippen LogP contribution in [0.25, 0.3) is 0 Å². The number of amidine groups is 1. The molecule has 2 aromatic carbocycles. The van der Waals surface area contributed by atoms with Crippen LogP contribution in [0.15, 0.2) is 60.8 Å². The number of hydrogen-bond donors (Lipinski definition) is 3. The second kappa shape index (κ2) is 9.77. The minimum Gasteiger partial charge on any atom is -0.363 e. The highest BCUT2D eigenvalue weighted by molar-refractivity contribution is 6.31. The van der Waals surface area contributed by atoms with E-state index >= 15 is 0 Å². The molecule has 7 nitrogen and oxygen atoms in total. The third kappa shape index (κ3) is 5.31. The minimum absolute atomic E-state index is 0.180. The highest BCUT2D eigenvalue weighted by Gasteiger charge is 2.16. The van der Waals surface area contributed by atoms with Crippen molar-refractivity contribution in [3.8, 4) is 12.3 Å². The number of rotatable bonds is 5. The first-order valence-corrected chi connectivity index (χ1v) is 9.87. The largest absolute Gasteiger partial charge is 0.363 e. The first kappa shape index (κ1) is 22.5. The van der Waals surface area contributed by atoms with Gasteiger partial charge >= 0.3 is 0 Å². The first-order chi connectivity index (χ1) is 15.3. The van der Waals surface area contributed by atoms with Gasteiger partial charge in [0.25, 0.3) is 11.8 Å². The lowest BCUT2D eigenvalue weighted by atomic mass is 10.1. The molecule has 0 atom stereocenters. The Kier molecular flexibility index (Phi) is 6.88. The van der Waals surface area contributed by atoms with Crippen molar-refractivity contribution < 1.29 is 9.59 Å². The molecule has 0 bridgehead atoms. The van der Waals surface area contributed by atoms with Gasteiger partial charge in [-0.3, -0.25) is 15.0 Å². The van der Waals surface area contributed by atoms with E-state index in [0.29, 0.717) is 39.1 Å². The van der Waals surface area contributed by atoms with Gasteiger partial charge in [-0.05, 0) is 42.5 Å². The van der Waals surface area contributed by atoms with Crippen molar-refractivity contribution in [1.29, 1.82) is 5.41 Å².